The van der Waals surface area contributed by atoms with E-state index in [1.807, 2.05) is 24.3 Å². The maximum Gasteiger partial charge on any atom is 0.126 e. The summed E-state index contributed by atoms with van der Waals surface area (Å²) in [5, 5.41) is 21.0. The topological polar surface area (TPSA) is 75.7 Å². The Morgan fingerprint density at radius 3 is 2.44 bits per heavy atom. The molecule has 2 aromatic rings. The van der Waals surface area contributed by atoms with E-state index >= 15 is 0 Å². The van der Waals surface area contributed by atoms with Crippen LogP contribution >= 0.6 is 0 Å². The molecule has 0 saturated heterocycles. The molecule has 4 heteroatoms. The van der Waals surface area contributed by atoms with Crippen LogP contribution in [0.4, 0.5) is 0 Å². The van der Waals surface area contributed by atoms with Crippen LogP contribution < -0.4 is 10.5 Å². The lowest BCUT2D eigenvalue weighted by Gasteiger charge is -2.19. The van der Waals surface area contributed by atoms with E-state index in [-0.39, 0.29) is 6.61 Å². The van der Waals surface area contributed by atoms with Crippen LogP contribution in [-0.4, -0.2) is 30.0 Å². The molecule has 4 nitrogen and oxygen atoms in total. The SMILES string of the molecule is COc1ccc(C(O)C(N)CO)c2ccccc12. The van der Waals surface area contributed by atoms with Crippen molar-refractivity contribution in [1.29, 1.82) is 0 Å². The van der Waals surface area contributed by atoms with Gasteiger partial charge in [0.25, 0.3) is 0 Å². The van der Waals surface area contributed by atoms with Crippen molar-refractivity contribution in [3.63, 3.8) is 0 Å². The van der Waals surface area contributed by atoms with Crippen molar-refractivity contribution in [2.45, 2.75) is 12.1 Å². The van der Waals surface area contributed by atoms with Gasteiger partial charge in [0.1, 0.15) is 5.75 Å². The number of methoxy groups -OCH3 is 1. The van der Waals surface area contributed by atoms with E-state index in [4.69, 9.17) is 15.6 Å². The third-order valence-corrected chi connectivity index (χ3v) is 3.07. The molecule has 0 amide bonds. The van der Waals surface area contributed by atoms with E-state index in [2.05, 4.69) is 0 Å². The number of fused-ring (bicyclic) bond motifs is 1. The van der Waals surface area contributed by atoms with Gasteiger partial charge >= 0.3 is 0 Å². The summed E-state index contributed by atoms with van der Waals surface area (Å²) in [5.41, 5.74) is 6.38. The van der Waals surface area contributed by atoms with Crippen LogP contribution in [0.3, 0.4) is 0 Å². The lowest BCUT2D eigenvalue weighted by atomic mass is 9.96. The molecular weight excluding hydrogens is 230 g/mol. The highest BCUT2D eigenvalue weighted by molar-refractivity contribution is 5.91. The Balaban J connectivity index is 2.59. The molecule has 2 rings (SSSR count). The normalized spacial score (nSPS) is 14.4. The molecule has 0 bridgehead atoms. The van der Waals surface area contributed by atoms with Crippen molar-refractivity contribution in [2.24, 2.45) is 5.73 Å². The highest BCUT2D eigenvalue weighted by Gasteiger charge is 2.19. The fraction of sp³-hybridized carbons (Fsp3) is 0.286. The molecule has 0 fully saturated rings. The van der Waals surface area contributed by atoms with Gasteiger partial charge in [-0.25, -0.2) is 0 Å². The monoisotopic (exact) mass is 247 g/mol. The fourth-order valence-corrected chi connectivity index (χ4v) is 2.06. The molecule has 0 spiro atoms. The second-order valence-corrected chi connectivity index (χ2v) is 4.19. The van der Waals surface area contributed by atoms with Crippen molar-refractivity contribution in [3.8, 4) is 5.75 Å². The summed E-state index contributed by atoms with van der Waals surface area (Å²) in [6.07, 6.45) is -0.897. The smallest absolute Gasteiger partial charge is 0.126 e. The van der Waals surface area contributed by atoms with Gasteiger partial charge < -0.3 is 20.7 Å². The average Bonchev–Trinajstić information content (AvgIpc) is 2.44. The third kappa shape index (κ3) is 2.18. The maximum atomic E-state index is 10.1. The van der Waals surface area contributed by atoms with Crippen LogP contribution in [0.25, 0.3) is 10.8 Å². The number of hydrogen-bond acceptors (Lipinski definition) is 4. The van der Waals surface area contributed by atoms with Gasteiger partial charge in [-0.3, -0.25) is 0 Å². The largest absolute Gasteiger partial charge is 0.496 e. The Bertz CT molecular complexity index is 542. The zero-order valence-electron chi connectivity index (χ0n) is 10.2. The molecular formula is C14H17NO3. The first-order valence-electron chi connectivity index (χ1n) is 5.79. The standard InChI is InChI=1S/C14H17NO3/c1-18-13-7-6-11(14(17)12(15)8-16)9-4-2-3-5-10(9)13/h2-7,12,14,16-17H,8,15H2,1H3. The summed E-state index contributed by atoms with van der Waals surface area (Å²) in [5.74, 6) is 0.749. The Morgan fingerprint density at radius 2 is 1.83 bits per heavy atom. The van der Waals surface area contributed by atoms with Crippen molar-refractivity contribution in [2.75, 3.05) is 13.7 Å². The third-order valence-electron chi connectivity index (χ3n) is 3.07. The first kappa shape index (κ1) is 12.8. The average molecular weight is 247 g/mol. The molecule has 2 unspecified atom stereocenters. The second-order valence-electron chi connectivity index (χ2n) is 4.19. The number of rotatable bonds is 4. The number of aliphatic hydroxyl groups excluding tert-OH is 2. The molecule has 0 heterocycles. The van der Waals surface area contributed by atoms with Gasteiger partial charge in [0.05, 0.1) is 25.9 Å². The first-order valence-corrected chi connectivity index (χ1v) is 5.79. The molecule has 0 radical (unpaired) electrons. The lowest BCUT2D eigenvalue weighted by molar-refractivity contribution is 0.110. The summed E-state index contributed by atoms with van der Waals surface area (Å²) < 4.78 is 5.29. The number of hydrogen-bond donors (Lipinski definition) is 3. The van der Waals surface area contributed by atoms with Crippen molar-refractivity contribution >= 4 is 10.8 Å². The maximum absolute atomic E-state index is 10.1. The van der Waals surface area contributed by atoms with Crippen LogP contribution in [0.2, 0.25) is 0 Å². The predicted molar refractivity (Wildman–Crippen MR) is 70.5 cm³/mol. The Morgan fingerprint density at radius 1 is 1.17 bits per heavy atom. The molecule has 0 aromatic heterocycles. The van der Waals surface area contributed by atoms with Gasteiger partial charge in [0.15, 0.2) is 0 Å². The van der Waals surface area contributed by atoms with Crippen LogP contribution in [-0.2, 0) is 0 Å². The number of benzene rings is 2. The summed E-state index contributed by atoms with van der Waals surface area (Å²) in [6.45, 7) is -0.262. The van der Waals surface area contributed by atoms with Gasteiger partial charge in [-0.15, -0.1) is 0 Å². The van der Waals surface area contributed by atoms with E-state index in [1.54, 1.807) is 19.2 Å². The second kappa shape index (κ2) is 5.35. The van der Waals surface area contributed by atoms with Crippen molar-refractivity contribution in [3.05, 3.63) is 42.0 Å². The van der Waals surface area contributed by atoms with E-state index in [0.29, 0.717) is 5.56 Å². The number of ether oxygens (including phenoxy) is 1. The van der Waals surface area contributed by atoms with E-state index in [0.717, 1.165) is 16.5 Å². The molecule has 96 valence electrons. The summed E-state index contributed by atoms with van der Waals surface area (Å²) >= 11 is 0. The van der Waals surface area contributed by atoms with Gasteiger partial charge in [-0.2, -0.15) is 0 Å². The van der Waals surface area contributed by atoms with Crippen molar-refractivity contribution in [1.82, 2.24) is 0 Å². The fourth-order valence-electron chi connectivity index (χ4n) is 2.06. The summed E-state index contributed by atoms with van der Waals surface area (Å²) in [4.78, 5) is 0. The van der Waals surface area contributed by atoms with Crippen LogP contribution in [0.1, 0.15) is 11.7 Å². The van der Waals surface area contributed by atoms with E-state index in [9.17, 15) is 5.11 Å². The molecule has 2 atom stereocenters. The molecule has 0 aliphatic rings. The number of nitrogens with two attached hydrogens (primary N) is 1. The summed E-state index contributed by atoms with van der Waals surface area (Å²) in [6, 6.07) is 10.5. The Kier molecular flexibility index (Phi) is 3.81. The Labute approximate surface area is 106 Å². The zero-order valence-corrected chi connectivity index (χ0v) is 10.2. The zero-order chi connectivity index (χ0) is 13.1. The molecule has 0 aliphatic carbocycles. The van der Waals surface area contributed by atoms with Gasteiger partial charge in [0, 0.05) is 5.39 Å². The minimum atomic E-state index is -0.897. The molecule has 18 heavy (non-hydrogen) atoms. The molecule has 0 saturated carbocycles. The predicted octanol–water partition coefficient (Wildman–Crippen LogP) is 1.20. The van der Waals surface area contributed by atoms with E-state index < -0.39 is 12.1 Å². The molecule has 2 aromatic carbocycles. The minimum Gasteiger partial charge on any atom is -0.496 e. The first-order chi connectivity index (χ1) is 8.69. The highest BCUT2D eigenvalue weighted by atomic mass is 16.5. The number of aliphatic hydroxyl groups is 2. The highest BCUT2D eigenvalue weighted by Crippen LogP contribution is 2.32. The quantitative estimate of drug-likeness (QED) is 0.759. The van der Waals surface area contributed by atoms with Gasteiger partial charge in [-0.1, -0.05) is 30.3 Å². The van der Waals surface area contributed by atoms with Crippen LogP contribution in [0.15, 0.2) is 36.4 Å². The molecule has 0 aliphatic heterocycles. The van der Waals surface area contributed by atoms with Crippen LogP contribution in [0, 0.1) is 0 Å². The van der Waals surface area contributed by atoms with Crippen molar-refractivity contribution < 1.29 is 14.9 Å². The summed E-state index contributed by atoms with van der Waals surface area (Å²) in [7, 11) is 1.61. The molecule has 4 N–H and O–H groups in total. The van der Waals surface area contributed by atoms with Crippen LogP contribution in [0.5, 0.6) is 5.75 Å². The minimum absolute atomic E-state index is 0.262. The van der Waals surface area contributed by atoms with Gasteiger partial charge in [-0.05, 0) is 17.0 Å². The Hall–Kier alpha value is -1.62. The van der Waals surface area contributed by atoms with E-state index in [1.165, 1.54) is 0 Å². The van der Waals surface area contributed by atoms with Gasteiger partial charge in [0.2, 0.25) is 0 Å². The lowest BCUT2D eigenvalue weighted by Crippen LogP contribution is -2.32.